The van der Waals surface area contributed by atoms with Crippen molar-refractivity contribution in [3.63, 3.8) is 0 Å². The Balaban J connectivity index is 1.89. The van der Waals surface area contributed by atoms with Crippen molar-refractivity contribution in [2.75, 3.05) is 18.2 Å². The van der Waals surface area contributed by atoms with Gasteiger partial charge in [0.15, 0.2) is 5.13 Å². The van der Waals surface area contributed by atoms with Crippen LogP contribution in [0.15, 0.2) is 12.1 Å². The largest absolute Gasteiger partial charge is 0.494 e. The first-order valence-corrected chi connectivity index (χ1v) is 7.89. The molecule has 0 saturated heterocycles. The van der Waals surface area contributed by atoms with Gasteiger partial charge in [-0.05, 0) is 18.9 Å². The average molecular weight is 305 g/mol. The van der Waals surface area contributed by atoms with Crippen LogP contribution in [-0.2, 0) is 4.79 Å². The molecule has 1 aromatic heterocycles. The smallest absolute Gasteiger partial charge is 0.232 e. The van der Waals surface area contributed by atoms with Crippen LogP contribution in [0.4, 0.5) is 10.8 Å². The fraction of sp³-hybridized carbons (Fsp3) is 0.467. The fourth-order valence-electron chi connectivity index (χ4n) is 2.86. The van der Waals surface area contributed by atoms with Gasteiger partial charge in [-0.1, -0.05) is 31.1 Å². The van der Waals surface area contributed by atoms with Crippen LogP contribution < -0.4 is 15.8 Å². The molecule has 1 amide bonds. The van der Waals surface area contributed by atoms with E-state index in [1.165, 1.54) is 11.3 Å². The van der Waals surface area contributed by atoms with E-state index in [0.717, 1.165) is 35.9 Å². The first-order valence-electron chi connectivity index (χ1n) is 7.07. The Labute approximate surface area is 127 Å². The van der Waals surface area contributed by atoms with Gasteiger partial charge in [-0.2, -0.15) is 0 Å². The van der Waals surface area contributed by atoms with Crippen molar-refractivity contribution in [2.45, 2.75) is 32.6 Å². The first kappa shape index (κ1) is 14.1. The molecule has 1 aliphatic rings. The summed E-state index contributed by atoms with van der Waals surface area (Å²) in [6.07, 6.45) is 4.13. The van der Waals surface area contributed by atoms with Crippen molar-refractivity contribution in [3.05, 3.63) is 12.1 Å². The molecule has 112 valence electrons. The molecular weight excluding hydrogens is 286 g/mol. The van der Waals surface area contributed by atoms with Crippen LogP contribution in [0.5, 0.6) is 5.75 Å². The number of nitrogens with one attached hydrogen (secondary N) is 1. The lowest BCUT2D eigenvalue weighted by Gasteiger charge is -2.21. The number of thiazole rings is 1. The van der Waals surface area contributed by atoms with E-state index in [4.69, 9.17) is 10.5 Å². The molecule has 0 bridgehead atoms. The van der Waals surface area contributed by atoms with E-state index < -0.39 is 0 Å². The number of carbonyl (C=O) groups is 1. The number of aromatic nitrogens is 1. The number of amides is 1. The predicted molar refractivity (Wildman–Crippen MR) is 85.8 cm³/mol. The third kappa shape index (κ3) is 2.55. The molecule has 1 heterocycles. The predicted octanol–water partition coefficient (Wildman–Crippen LogP) is 3.41. The van der Waals surface area contributed by atoms with E-state index >= 15 is 0 Å². The lowest BCUT2D eigenvalue weighted by molar-refractivity contribution is -0.124. The topological polar surface area (TPSA) is 77.2 Å². The third-order valence-corrected chi connectivity index (χ3v) is 5.10. The first-order chi connectivity index (χ1) is 10.0. The number of hydrogen-bond donors (Lipinski definition) is 2. The van der Waals surface area contributed by atoms with Gasteiger partial charge in [0.1, 0.15) is 11.3 Å². The standard InChI is InChI=1S/C15H19N3O2S/c1-15(5-3-4-6-15)13(19)18-14-17-12-10(20-2)7-9(16)8-11(12)21-14/h7-8H,3-6,16H2,1-2H3,(H,17,18,19). The van der Waals surface area contributed by atoms with E-state index in [0.29, 0.717) is 16.6 Å². The Kier molecular flexibility index (Phi) is 3.49. The normalized spacial score (nSPS) is 17.0. The molecule has 0 aliphatic heterocycles. The maximum atomic E-state index is 12.4. The SMILES string of the molecule is COc1cc(N)cc2sc(NC(=O)C3(C)CCCC3)nc12. The van der Waals surface area contributed by atoms with Gasteiger partial charge in [0.2, 0.25) is 5.91 Å². The van der Waals surface area contributed by atoms with Gasteiger partial charge in [-0.25, -0.2) is 4.98 Å². The second kappa shape index (κ2) is 5.18. The zero-order valence-corrected chi connectivity index (χ0v) is 13.0. The summed E-state index contributed by atoms with van der Waals surface area (Å²) >= 11 is 1.42. The van der Waals surface area contributed by atoms with Crippen LogP contribution in [0.2, 0.25) is 0 Å². The summed E-state index contributed by atoms with van der Waals surface area (Å²) in [5, 5.41) is 3.56. The van der Waals surface area contributed by atoms with E-state index in [1.807, 2.05) is 13.0 Å². The number of methoxy groups -OCH3 is 1. The second-order valence-electron chi connectivity index (χ2n) is 5.81. The minimum absolute atomic E-state index is 0.0611. The number of carbonyl (C=O) groups excluding carboxylic acids is 1. The summed E-state index contributed by atoms with van der Waals surface area (Å²) in [5.41, 5.74) is 6.95. The van der Waals surface area contributed by atoms with Crippen molar-refractivity contribution in [1.29, 1.82) is 0 Å². The number of hydrogen-bond acceptors (Lipinski definition) is 5. The lowest BCUT2D eigenvalue weighted by atomic mass is 9.88. The van der Waals surface area contributed by atoms with Gasteiger partial charge < -0.3 is 15.8 Å². The molecule has 0 radical (unpaired) electrons. The Bertz CT molecular complexity index is 690. The molecule has 3 rings (SSSR count). The Morgan fingerprint density at radius 3 is 2.81 bits per heavy atom. The molecule has 3 N–H and O–H groups in total. The Morgan fingerprint density at radius 1 is 1.43 bits per heavy atom. The van der Waals surface area contributed by atoms with E-state index in [1.54, 1.807) is 13.2 Å². The minimum atomic E-state index is -0.263. The number of nitrogens with zero attached hydrogens (tertiary/aromatic N) is 1. The van der Waals surface area contributed by atoms with Crippen LogP contribution in [0.3, 0.4) is 0 Å². The summed E-state index contributed by atoms with van der Waals surface area (Å²) in [4.78, 5) is 16.9. The van der Waals surface area contributed by atoms with Crippen LogP contribution in [-0.4, -0.2) is 18.0 Å². The van der Waals surface area contributed by atoms with E-state index in [9.17, 15) is 4.79 Å². The van der Waals surface area contributed by atoms with Crippen molar-refractivity contribution in [1.82, 2.24) is 4.98 Å². The summed E-state index contributed by atoms with van der Waals surface area (Å²) < 4.78 is 6.21. The van der Waals surface area contributed by atoms with Crippen molar-refractivity contribution < 1.29 is 9.53 Å². The molecule has 2 aromatic rings. The van der Waals surface area contributed by atoms with E-state index in [2.05, 4.69) is 10.3 Å². The van der Waals surface area contributed by atoms with Gasteiger partial charge in [-0.3, -0.25) is 4.79 Å². The van der Waals surface area contributed by atoms with Gasteiger partial charge >= 0.3 is 0 Å². The zero-order valence-electron chi connectivity index (χ0n) is 12.2. The van der Waals surface area contributed by atoms with Crippen LogP contribution in [0.25, 0.3) is 10.2 Å². The minimum Gasteiger partial charge on any atom is -0.494 e. The molecular formula is C15H19N3O2S. The highest BCUT2D eigenvalue weighted by atomic mass is 32.1. The maximum Gasteiger partial charge on any atom is 0.232 e. The Morgan fingerprint density at radius 2 is 2.14 bits per heavy atom. The summed E-state index contributed by atoms with van der Waals surface area (Å²) in [7, 11) is 1.59. The maximum absolute atomic E-state index is 12.4. The number of nitrogens with two attached hydrogens (primary N) is 1. The fourth-order valence-corrected chi connectivity index (χ4v) is 3.79. The van der Waals surface area contributed by atoms with Gasteiger partial charge in [-0.15, -0.1) is 0 Å². The number of fused-ring (bicyclic) bond motifs is 1. The number of benzene rings is 1. The van der Waals surface area contributed by atoms with Gasteiger partial charge in [0.05, 0.1) is 11.8 Å². The zero-order chi connectivity index (χ0) is 15.0. The molecule has 0 spiro atoms. The van der Waals surface area contributed by atoms with Crippen LogP contribution in [0.1, 0.15) is 32.6 Å². The molecule has 6 heteroatoms. The monoisotopic (exact) mass is 305 g/mol. The summed E-state index contributed by atoms with van der Waals surface area (Å²) in [6.45, 7) is 2.03. The highest BCUT2D eigenvalue weighted by molar-refractivity contribution is 7.22. The summed E-state index contributed by atoms with van der Waals surface area (Å²) in [5.74, 6) is 0.694. The van der Waals surface area contributed by atoms with Gasteiger partial charge in [0.25, 0.3) is 0 Å². The number of ether oxygens (including phenoxy) is 1. The molecule has 1 saturated carbocycles. The average Bonchev–Trinajstić information content (AvgIpc) is 3.04. The molecule has 1 aliphatic carbocycles. The molecule has 5 nitrogen and oxygen atoms in total. The number of anilines is 2. The van der Waals surface area contributed by atoms with Gasteiger partial charge in [0, 0.05) is 17.2 Å². The van der Waals surface area contributed by atoms with E-state index in [-0.39, 0.29) is 11.3 Å². The van der Waals surface area contributed by atoms with Crippen LogP contribution >= 0.6 is 11.3 Å². The number of nitrogen functional groups attached to an aromatic ring is 1. The van der Waals surface area contributed by atoms with Crippen molar-refractivity contribution in [3.8, 4) is 5.75 Å². The highest BCUT2D eigenvalue weighted by Gasteiger charge is 2.36. The highest BCUT2D eigenvalue weighted by Crippen LogP contribution is 2.40. The number of rotatable bonds is 3. The lowest BCUT2D eigenvalue weighted by Crippen LogP contribution is -2.30. The Hall–Kier alpha value is -1.82. The molecule has 21 heavy (non-hydrogen) atoms. The summed E-state index contributed by atoms with van der Waals surface area (Å²) in [6, 6.07) is 3.59. The molecule has 0 unspecified atom stereocenters. The van der Waals surface area contributed by atoms with Crippen LogP contribution in [0, 0.1) is 5.41 Å². The van der Waals surface area contributed by atoms with Crippen molar-refractivity contribution in [2.24, 2.45) is 5.41 Å². The molecule has 0 atom stereocenters. The molecule has 1 aromatic carbocycles. The second-order valence-corrected chi connectivity index (χ2v) is 6.84. The third-order valence-electron chi connectivity index (χ3n) is 4.18. The molecule has 1 fully saturated rings. The quantitative estimate of drug-likeness (QED) is 0.852. The van der Waals surface area contributed by atoms with Crippen molar-refractivity contribution >= 4 is 38.3 Å².